The number of carbonyl (C=O) groups excluding carboxylic acids is 2. The Morgan fingerprint density at radius 1 is 1.16 bits per heavy atom. The van der Waals surface area contributed by atoms with Gasteiger partial charge in [0, 0.05) is 32.7 Å². The molecule has 6 nitrogen and oxygen atoms in total. The van der Waals surface area contributed by atoms with E-state index in [0.29, 0.717) is 32.8 Å². The van der Waals surface area contributed by atoms with Crippen LogP contribution < -0.4 is 16.0 Å². The van der Waals surface area contributed by atoms with E-state index in [2.05, 4.69) is 16.0 Å². The lowest BCUT2D eigenvalue weighted by molar-refractivity contribution is -0.127. The van der Waals surface area contributed by atoms with Crippen LogP contribution in [0.4, 0.5) is 0 Å². The van der Waals surface area contributed by atoms with E-state index in [1.165, 1.54) is 6.42 Å². The van der Waals surface area contributed by atoms with Crippen LogP contribution in [-0.4, -0.2) is 51.7 Å². The molecule has 0 aliphatic heterocycles. The van der Waals surface area contributed by atoms with Gasteiger partial charge in [-0.3, -0.25) is 9.59 Å². The fraction of sp³-hybridized carbons (Fsp3) is 0.846. The van der Waals surface area contributed by atoms with Crippen molar-refractivity contribution < 1.29 is 14.3 Å². The van der Waals surface area contributed by atoms with E-state index in [-0.39, 0.29) is 17.7 Å². The first-order chi connectivity index (χ1) is 9.24. The molecule has 0 heterocycles. The molecule has 19 heavy (non-hydrogen) atoms. The average Bonchev–Trinajstić information content (AvgIpc) is 2.32. The van der Waals surface area contributed by atoms with Crippen molar-refractivity contribution in [2.75, 3.05) is 39.9 Å². The van der Waals surface area contributed by atoms with Gasteiger partial charge in [-0.05, 0) is 19.3 Å². The van der Waals surface area contributed by atoms with Gasteiger partial charge in [0.1, 0.15) is 0 Å². The number of amides is 2. The molecule has 110 valence electrons. The third-order valence-electron chi connectivity index (χ3n) is 3.22. The largest absolute Gasteiger partial charge is 0.383 e. The van der Waals surface area contributed by atoms with Crippen LogP contribution in [0.1, 0.15) is 25.7 Å². The lowest BCUT2D eigenvalue weighted by atomic mass is 9.85. The Labute approximate surface area is 114 Å². The van der Waals surface area contributed by atoms with E-state index in [0.717, 1.165) is 19.3 Å². The van der Waals surface area contributed by atoms with E-state index in [9.17, 15) is 9.59 Å². The van der Waals surface area contributed by atoms with Crippen molar-refractivity contribution in [2.24, 2.45) is 5.92 Å². The van der Waals surface area contributed by atoms with Crippen LogP contribution in [0, 0.1) is 5.92 Å². The summed E-state index contributed by atoms with van der Waals surface area (Å²) < 4.78 is 4.86. The number of hydrogen-bond donors (Lipinski definition) is 3. The lowest BCUT2D eigenvalue weighted by Gasteiger charge is -2.23. The van der Waals surface area contributed by atoms with Crippen LogP contribution in [0.25, 0.3) is 0 Å². The Bertz CT molecular complexity index is 280. The van der Waals surface area contributed by atoms with Crippen LogP contribution >= 0.6 is 0 Å². The first kappa shape index (κ1) is 15.9. The molecule has 1 aliphatic rings. The van der Waals surface area contributed by atoms with E-state index in [1.807, 2.05) is 0 Å². The zero-order valence-corrected chi connectivity index (χ0v) is 11.7. The van der Waals surface area contributed by atoms with E-state index in [4.69, 9.17) is 4.74 Å². The molecule has 0 aromatic heterocycles. The molecule has 0 unspecified atom stereocenters. The van der Waals surface area contributed by atoms with Crippen LogP contribution in [0.15, 0.2) is 0 Å². The fourth-order valence-corrected chi connectivity index (χ4v) is 1.78. The summed E-state index contributed by atoms with van der Waals surface area (Å²) in [6.45, 7) is 2.79. The molecule has 1 aliphatic carbocycles. The quantitative estimate of drug-likeness (QED) is 0.474. The summed E-state index contributed by atoms with van der Waals surface area (Å²) in [6.07, 6.45) is 3.98. The van der Waals surface area contributed by atoms with Crippen molar-refractivity contribution >= 4 is 11.8 Å². The van der Waals surface area contributed by atoms with Gasteiger partial charge in [0.25, 0.3) is 0 Å². The second-order valence-corrected chi connectivity index (χ2v) is 4.79. The number of ether oxygens (including phenoxy) is 1. The predicted molar refractivity (Wildman–Crippen MR) is 72.7 cm³/mol. The molecule has 0 atom stereocenters. The highest BCUT2D eigenvalue weighted by atomic mass is 16.5. The molecule has 0 radical (unpaired) electrons. The Kier molecular flexibility index (Phi) is 8.16. The van der Waals surface area contributed by atoms with Crippen molar-refractivity contribution in [1.82, 2.24) is 16.0 Å². The van der Waals surface area contributed by atoms with E-state index >= 15 is 0 Å². The van der Waals surface area contributed by atoms with Crippen molar-refractivity contribution in [1.29, 1.82) is 0 Å². The van der Waals surface area contributed by atoms with Crippen molar-refractivity contribution in [3.8, 4) is 0 Å². The summed E-state index contributed by atoms with van der Waals surface area (Å²) in [5, 5.41) is 8.66. The van der Waals surface area contributed by atoms with E-state index < -0.39 is 0 Å². The topological polar surface area (TPSA) is 79.5 Å². The van der Waals surface area contributed by atoms with Gasteiger partial charge >= 0.3 is 0 Å². The second-order valence-electron chi connectivity index (χ2n) is 4.79. The first-order valence-corrected chi connectivity index (χ1v) is 6.98. The van der Waals surface area contributed by atoms with Gasteiger partial charge in [0.15, 0.2) is 0 Å². The van der Waals surface area contributed by atoms with Gasteiger partial charge in [-0.25, -0.2) is 0 Å². The molecule has 0 spiro atoms. The summed E-state index contributed by atoms with van der Waals surface area (Å²) in [5.41, 5.74) is 0. The third-order valence-corrected chi connectivity index (χ3v) is 3.22. The second kappa shape index (κ2) is 9.75. The van der Waals surface area contributed by atoms with Crippen molar-refractivity contribution in [3.05, 3.63) is 0 Å². The summed E-state index contributed by atoms with van der Waals surface area (Å²) in [7, 11) is 1.62. The molecule has 2 amide bonds. The van der Waals surface area contributed by atoms with Gasteiger partial charge in [-0.2, -0.15) is 0 Å². The number of hydrogen-bond acceptors (Lipinski definition) is 4. The Hall–Kier alpha value is -1.14. The zero-order chi connectivity index (χ0) is 13.9. The maximum absolute atomic E-state index is 11.5. The van der Waals surface area contributed by atoms with Gasteiger partial charge in [0.05, 0.1) is 13.2 Å². The van der Waals surface area contributed by atoms with Crippen LogP contribution in [-0.2, 0) is 14.3 Å². The minimum Gasteiger partial charge on any atom is -0.383 e. The SMILES string of the molecule is COCCNCC(=O)NCCCNC(=O)C1CCC1. The first-order valence-electron chi connectivity index (χ1n) is 6.98. The number of rotatable bonds is 10. The van der Waals surface area contributed by atoms with Crippen LogP contribution in [0.2, 0.25) is 0 Å². The minimum absolute atomic E-state index is 0.0265. The molecule has 1 fully saturated rings. The monoisotopic (exact) mass is 271 g/mol. The average molecular weight is 271 g/mol. The standard InChI is InChI=1S/C13H25N3O3/c1-19-9-8-14-10-12(17)15-6-3-7-16-13(18)11-4-2-5-11/h11,14H,2-10H2,1H3,(H,15,17)(H,16,18). The smallest absolute Gasteiger partial charge is 0.233 e. The summed E-state index contributed by atoms with van der Waals surface area (Å²) in [5.74, 6) is 0.375. The van der Waals surface area contributed by atoms with Crippen LogP contribution in [0.5, 0.6) is 0 Å². The van der Waals surface area contributed by atoms with Crippen molar-refractivity contribution in [3.63, 3.8) is 0 Å². The van der Waals surface area contributed by atoms with Gasteiger partial charge in [-0.15, -0.1) is 0 Å². The molecule has 1 rings (SSSR count). The number of nitrogens with one attached hydrogen (secondary N) is 3. The molecule has 0 aromatic carbocycles. The zero-order valence-electron chi connectivity index (χ0n) is 11.7. The maximum Gasteiger partial charge on any atom is 0.233 e. The van der Waals surface area contributed by atoms with Crippen molar-refractivity contribution in [2.45, 2.75) is 25.7 Å². The number of methoxy groups -OCH3 is 1. The molecular weight excluding hydrogens is 246 g/mol. The summed E-state index contributed by atoms with van der Waals surface area (Å²) in [6, 6.07) is 0. The Morgan fingerprint density at radius 2 is 1.89 bits per heavy atom. The number of carbonyl (C=O) groups is 2. The highest BCUT2D eigenvalue weighted by molar-refractivity contribution is 5.79. The van der Waals surface area contributed by atoms with Crippen LogP contribution in [0.3, 0.4) is 0 Å². The lowest BCUT2D eigenvalue weighted by Crippen LogP contribution is -2.38. The van der Waals surface area contributed by atoms with Gasteiger partial charge in [0.2, 0.25) is 11.8 Å². The molecule has 6 heteroatoms. The molecule has 3 N–H and O–H groups in total. The maximum atomic E-state index is 11.5. The van der Waals surface area contributed by atoms with Gasteiger partial charge in [-0.1, -0.05) is 6.42 Å². The molecule has 1 saturated carbocycles. The molecule has 0 bridgehead atoms. The molecule has 0 aromatic rings. The minimum atomic E-state index is -0.0265. The third kappa shape index (κ3) is 7.12. The normalized spacial score (nSPS) is 14.8. The molecule has 0 saturated heterocycles. The highest BCUT2D eigenvalue weighted by Crippen LogP contribution is 2.25. The fourth-order valence-electron chi connectivity index (χ4n) is 1.78. The molecular formula is C13H25N3O3. The Morgan fingerprint density at radius 3 is 2.53 bits per heavy atom. The van der Waals surface area contributed by atoms with E-state index in [1.54, 1.807) is 7.11 Å². The Balaban J connectivity index is 1.86. The summed E-state index contributed by atoms with van der Waals surface area (Å²) in [4.78, 5) is 22.9. The summed E-state index contributed by atoms with van der Waals surface area (Å²) >= 11 is 0. The highest BCUT2D eigenvalue weighted by Gasteiger charge is 2.24. The predicted octanol–water partition coefficient (Wildman–Crippen LogP) is -0.355. The van der Waals surface area contributed by atoms with Gasteiger partial charge < -0.3 is 20.7 Å².